The number of nitrogens with two attached hydrogens (primary N) is 1. The first kappa shape index (κ1) is 21.2. The first-order valence-corrected chi connectivity index (χ1v) is 10.7. The van der Waals surface area contributed by atoms with Crippen LogP contribution in [0, 0.1) is 12.7 Å². The van der Waals surface area contributed by atoms with Crippen LogP contribution in [0.3, 0.4) is 0 Å². The van der Waals surface area contributed by atoms with E-state index < -0.39 is 23.6 Å². The third kappa shape index (κ3) is 3.76. The van der Waals surface area contributed by atoms with Crippen molar-refractivity contribution >= 4 is 28.2 Å². The minimum Gasteiger partial charge on any atom is -0.474 e. The van der Waals surface area contributed by atoms with Gasteiger partial charge in [-0.3, -0.25) is 0 Å². The molecular weight excluding hydrogens is 429 g/mol. The minimum atomic E-state index is -0.674. The molecule has 5 N–H and O–H groups in total. The van der Waals surface area contributed by atoms with Crippen molar-refractivity contribution in [1.29, 1.82) is 0 Å². The number of aliphatic hydroxyl groups is 1. The van der Waals surface area contributed by atoms with Crippen LogP contribution in [-0.2, 0) is 0 Å². The average Bonchev–Trinajstić information content (AvgIpc) is 2.76. The molecule has 1 saturated carbocycles. The van der Waals surface area contributed by atoms with Crippen molar-refractivity contribution in [3.63, 3.8) is 0 Å². The number of pyridine rings is 2. The van der Waals surface area contributed by atoms with Gasteiger partial charge in [-0.25, -0.2) is 19.2 Å². The van der Waals surface area contributed by atoms with Crippen molar-refractivity contribution in [2.24, 2.45) is 0 Å². The SMILES string of the molecule is Cc1c(-c2cc3cc(OC(=O)NC4(C)CC(O)C4)ncc3c(N)c2F)cnc2c1NCCO2. The number of nitrogens with one attached hydrogen (secondary N) is 2. The molecule has 33 heavy (non-hydrogen) atoms. The number of nitrogens with zero attached hydrogens (tertiary/aromatic N) is 2. The molecular formula is C23H24FN5O4. The van der Waals surface area contributed by atoms with E-state index in [0.29, 0.717) is 48.2 Å². The molecule has 3 heterocycles. The zero-order valence-corrected chi connectivity index (χ0v) is 18.2. The Morgan fingerprint density at radius 2 is 2.12 bits per heavy atom. The highest BCUT2D eigenvalue weighted by Crippen LogP contribution is 2.39. The normalized spacial score (nSPS) is 21.4. The first-order chi connectivity index (χ1) is 15.7. The number of aliphatic hydroxyl groups excluding tert-OH is 1. The van der Waals surface area contributed by atoms with E-state index >= 15 is 4.39 Å². The van der Waals surface area contributed by atoms with E-state index in [2.05, 4.69) is 20.6 Å². The summed E-state index contributed by atoms with van der Waals surface area (Å²) in [5, 5.41) is 16.4. The lowest BCUT2D eigenvalue weighted by Crippen LogP contribution is -2.57. The summed E-state index contributed by atoms with van der Waals surface area (Å²) in [5.74, 6) is -0.0419. The fraction of sp³-hybridized carbons (Fsp3) is 0.348. The van der Waals surface area contributed by atoms with Crippen molar-refractivity contribution in [2.45, 2.75) is 38.3 Å². The van der Waals surface area contributed by atoms with Crippen LogP contribution in [0.25, 0.3) is 21.9 Å². The number of benzene rings is 1. The van der Waals surface area contributed by atoms with E-state index in [1.54, 1.807) is 12.3 Å². The minimum absolute atomic E-state index is 0.0517. The molecule has 0 unspecified atom stereocenters. The Kier molecular flexibility index (Phi) is 4.97. The topological polar surface area (TPSA) is 132 Å². The molecule has 1 fully saturated rings. The molecule has 3 aromatic rings. The average molecular weight is 453 g/mol. The number of hydrogen-bond acceptors (Lipinski definition) is 8. The number of fused-ring (bicyclic) bond motifs is 2. The van der Waals surface area contributed by atoms with Gasteiger partial charge in [-0.2, -0.15) is 0 Å². The van der Waals surface area contributed by atoms with E-state index in [4.69, 9.17) is 15.2 Å². The Morgan fingerprint density at radius 1 is 1.33 bits per heavy atom. The van der Waals surface area contributed by atoms with E-state index in [1.165, 1.54) is 12.3 Å². The van der Waals surface area contributed by atoms with Gasteiger partial charge in [0.05, 0.1) is 11.8 Å². The molecule has 0 saturated heterocycles. The summed E-state index contributed by atoms with van der Waals surface area (Å²) < 4.78 is 26.1. The van der Waals surface area contributed by atoms with Crippen LogP contribution in [-0.4, -0.2) is 46.0 Å². The van der Waals surface area contributed by atoms with Crippen LogP contribution in [0.15, 0.2) is 24.5 Å². The van der Waals surface area contributed by atoms with Gasteiger partial charge in [-0.15, -0.1) is 0 Å². The lowest BCUT2D eigenvalue weighted by Gasteiger charge is -2.42. The Hall–Kier alpha value is -3.66. The largest absolute Gasteiger partial charge is 0.474 e. The lowest BCUT2D eigenvalue weighted by atomic mass is 9.76. The molecule has 10 heteroatoms. The second-order valence-electron chi connectivity index (χ2n) is 8.78. The van der Waals surface area contributed by atoms with Crippen LogP contribution >= 0.6 is 0 Å². The number of nitrogen functional groups attached to an aromatic ring is 1. The van der Waals surface area contributed by atoms with Crippen LogP contribution < -0.4 is 25.8 Å². The number of ether oxygens (including phenoxy) is 2. The summed E-state index contributed by atoms with van der Waals surface area (Å²) in [7, 11) is 0. The highest BCUT2D eigenvalue weighted by Gasteiger charge is 2.41. The summed E-state index contributed by atoms with van der Waals surface area (Å²) in [6.07, 6.45) is 2.76. The van der Waals surface area contributed by atoms with Gasteiger partial charge in [0.2, 0.25) is 11.8 Å². The Labute approximate surface area is 189 Å². The maximum atomic E-state index is 15.3. The summed E-state index contributed by atoms with van der Waals surface area (Å²) in [4.78, 5) is 20.7. The molecule has 2 aliphatic rings. The van der Waals surface area contributed by atoms with Gasteiger partial charge in [0, 0.05) is 47.1 Å². The fourth-order valence-corrected chi connectivity index (χ4v) is 4.47. The molecule has 9 nitrogen and oxygen atoms in total. The smallest absolute Gasteiger partial charge is 0.414 e. The van der Waals surface area contributed by atoms with E-state index in [0.717, 1.165) is 11.3 Å². The molecule has 1 aromatic carbocycles. The molecule has 0 spiro atoms. The van der Waals surface area contributed by atoms with E-state index in [1.807, 2.05) is 13.8 Å². The van der Waals surface area contributed by atoms with Gasteiger partial charge in [-0.1, -0.05) is 0 Å². The Balaban J connectivity index is 1.49. The van der Waals surface area contributed by atoms with Gasteiger partial charge in [-0.05, 0) is 43.7 Å². The second kappa shape index (κ2) is 7.73. The van der Waals surface area contributed by atoms with Gasteiger partial charge in [0.1, 0.15) is 12.3 Å². The molecule has 1 amide bonds. The number of hydrogen-bond donors (Lipinski definition) is 4. The highest BCUT2D eigenvalue weighted by atomic mass is 19.1. The van der Waals surface area contributed by atoms with Crippen LogP contribution in [0.5, 0.6) is 11.8 Å². The number of anilines is 2. The summed E-state index contributed by atoms with van der Waals surface area (Å²) in [5.41, 5.74) is 7.90. The van der Waals surface area contributed by atoms with Crippen molar-refractivity contribution in [3.05, 3.63) is 35.9 Å². The monoisotopic (exact) mass is 453 g/mol. The Bertz CT molecular complexity index is 1280. The predicted octanol–water partition coefficient (Wildman–Crippen LogP) is 3.13. The molecule has 0 bridgehead atoms. The standard InChI is InChI=1S/C23H24FN5O4/c1-11-15(9-28-21-20(11)26-3-4-32-21)14-5-12-6-17(27-10-16(12)19(25)18(14)24)33-22(31)29-23(2)7-13(30)8-23/h5-6,9-10,13,26,30H,3-4,7-8,25H2,1-2H3,(H,29,31). The molecule has 172 valence electrons. The van der Waals surface area contributed by atoms with Crippen molar-refractivity contribution < 1.29 is 23.8 Å². The number of carbonyl (C=O) groups is 1. The zero-order chi connectivity index (χ0) is 23.3. The fourth-order valence-electron chi connectivity index (χ4n) is 4.47. The van der Waals surface area contributed by atoms with Crippen LogP contribution in [0.4, 0.5) is 20.6 Å². The summed E-state index contributed by atoms with van der Waals surface area (Å²) in [6, 6.07) is 3.17. The molecule has 0 atom stereocenters. The number of aromatic nitrogens is 2. The third-order valence-electron chi connectivity index (χ3n) is 6.18. The van der Waals surface area contributed by atoms with Gasteiger partial charge < -0.3 is 30.9 Å². The lowest BCUT2D eigenvalue weighted by molar-refractivity contribution is 0.0146. The summed E-state index contributed by atoms with van der Waals surface area (Å²) >= 11 is 0. The second-order valence-corrected chi connectivity index (χ2v) is 8.78. The van der Waals surface area contributed by atoms with Crippen molar-refractivity contribution in [2.75, 3.05) is 24.2 Å². The van der Waals surface area contributed by atoms with E-state index in [9.17, 15) is 9.90 Å². The molecule has 1 aliphatic heterocycles. The zero-order valence-electron chi connectivity index (χ0n) is 18.2. The molecule has 0 radical (unpaired) electrons. The predicted molar refractivity (Wildman–Crippen MR) is 121 cm³/mol. The number of halogens is 1. The highest BCUT2D eigenvalue weighted by molar-refractivity contribution is 5.98. The number of amides is 1. The molecule has 1 aliphatic carbocycles. The van der Waals surface area contributed by atoms with Crippen molar-refractivity contribution in [3.8, 4) is 22.9 Å². The van der Waals surface area contributed by atoms with Crippen molar-refractivity contribution in [1.82, 2.24) is 15.3 Å². The molecule has 2 aromatic heterocycles. The number of carbonyl (C=O) groups excluding carboxylic acids is 1. The number of rotatable bonds is 3. The van der Waals surface area contributed by atoms with Crippen LogP contribution in [0.1, 0.15) is 25.3 Å². The Morgan fingerprint density at radius 3 is 2.88 bits per heavy atom. The van der Waals surface area contributed by atoms with E-state index in [-0.39, 0.29) is 17.1 Å². The van der Waals surface area contributed by atoms with Gasteiger partial charge in [0.25, 0.3) is 0 Å². The van der Waals surface area contributed by atoms with Gasteiger partial charge >= 0.3 is 6.09 Å². The third-order valence-corrected chi connectivity index (χ3v) is 6.18. The molecule has 5 rings (SSSR count). The maximum absolute atomic E-state index is 15.3. The van der Waals surface area contributed by atoms with Gasteiger partial charge in [0.15, 0.2) is 5.82 Å². The quantitative estimate of drug-likeness (QED) is 0.445. The first-order valence-electron chi connectivity index (χ1n) is 10.7. The maximum Gasteiger partial charge on any atom is 0.414 e. The summed E-state index contributed by atoms with van der Waals surface area (Å²) in [6.45, 7) is 4.84. The van der Waals surface area contributed by atoms with Crippen LogP contribution in [0.2, 0.25) is 0 Å².